The van der Waals surface area contributed by atoms with E-state index in [4.69, 9.17) is 4.74 Å². The van der Waals surface area contributed by atoms with Crippen LogP contribution < -0.4 is 9.64 Å². The largest absolute Gasteiger partial charge is 0.494 e. The zero-order valence-corrected chi connectivity index (χ0v) is 22.1. The molecule has 0 spiro atoms. The second-order valence-electron chi connectivity index (χ2n) is 10.6. The minimum Gasteiger partial charge on any atom is -0.494 e. The molecule has 2 aromatic carbocycles. The quantitative estimate of drug-likeness (QED) is 0.433. The molecule has 35 heavy (non-hydrogen) atoms. The van der Waals surface area contributed by atoms with Crippen LogP contribution in [-0.4, -0.2) is 68.1 Å². The molecule has 1 saturated heterocycles. The summed E-state index contributed by atoms with van der Waals surface area (Å²) in [6.07, 6.45) is 6.53. The van der Waals surface area contributed by atoms with E-state index in [1.807, 2.05) is 11.8 Å². The minimum atomic E-state index is 0.159. The van der Waals surface area contributed by atoms with Crippen LogP contribution in [0.2, 0.25) is 0 Å². The molecular weight excluding hydrogens is 434 g/mol. The number of anilines is 1. The summed E-state index contributed by atoms with van der Waals surface area (Å²) in [7, 11) is 2.25. The maximum atomic E-state index is 13.2. The number of benzene rings is 2. The van der Waals surface area contributed by atoms with Gasteiger partial charge in [0.25, 0.3) is 5.91 Å². The number of rotatable bonds is 9. The lowest BCUT2D eigenvalue weighted by Gasteiger charge is -2.36. The summed E-state index contributed by atoms with van der Waals surface area (Å²) < 4.78 is 6.00. The highest BCUT2D eigenvalue weighted by Gasteiger charge is 2.24. The van der Waals surface area contributed by atoms with Crippen molar-refractivity contribution in [2.75, 3.05) is 51.3 Å². The smallest absolute Gasteiger partial charge is 0.254 e. The number of carbonyl (C=O) groups is 1. The summed E-state index contributed by atoms with van der Waals surface area (Å²) in [4.78, 5) is 20.1. The van der Waals surface area contributed by atoms with E-state index in [1.165, 1.54) is 36.9 Å². The van der Waals surface area contributed by atoms with Crippen LogP contribution in [0.3, 0.4) is 0 Å². The normalized spacial score (nSPS) is 17.0. The summed E-state index contributed by atoms with van der Waals surface area (Å²) in [6, 6.07) is 15.5. The molecule has 0 radical (unpaired) electrons. The van der Waals surface area contributed by atoms with E-state index in [0.29, 0.717) is 5.92 Å². The van der Waals surface area contributed by atoms with Gasteiger partial charge in [0.1, 0.15) is 5.75 Å². The Bertz CT molecular complexity index is 958. The van der Waals surface area contributed by atoms with Gasteiger partial charge >= 0.3 is 0 Å². The molecule has 2 aromatic rings. The van der Waals surface area contributed by atoms with Gasteiger partial charge in [-0.2, -0.15) is 0 Å². The Morgan fingerprint density at radius 1 is 1.03 bits per heavy atom. The highest BCUT2D eigenvalue weighted by atomic mass is 16.5. The van der Waals surface area contributed by atoms with Crippen LogP contribution in [0.15, 0.2) is 42.5 Å². The van der Waals surface area contributed by atoms with Crippen LogP contribution in [0, 0.1) is 6.92 Å². The maximum Gasteiger partial charge on any atom is 0.254 e. The lowest BCUT2D eigenvalue weighted by molar-refractivity contribution is 0.0746. The molecule has 1 saturated carbocycles. The second kappa shape index (κ2) is 11.9. The topological polar surface area (TPSA) is 36.0 Å². The molecule has 1 amide bonds. The molecule has 5 heteroatoms. The molecule has 0 N–H and O–H groups in total. The molecule has 0 aromatic heterocycles. The van der Waals surface area contributed by atoms with Crippen molar-refractivity contribution in [2.45, 2.75) is 64.8 Å². The molecule has 0 atom stereocenters. The van der Waals surface area contributed by atoms with E-state index in [9.17, 15) is 4.79 Å². The zero-order valence-electron chi connectivity index (χ0n) is 22.1. The fraction of sp³-hybridized carbons (Fsp3) is 0.567. The number of piperazine rings is 1. The van der Waals surface area contributed by atoms with E-state index < -0.39 is 0 Å². The number of aryl methyl sites for hydroxylation is 1. The van der Waals surface area contributed by atoms with Crippen molar-refractivity contribution in [3.63, 3.8) is 0 Å². The predicted octanol–water partition coefficient (Wildman–Crippen LogP) is 5.72. The molecule has 1 aliphatic carbocycles. The van der Waals surface area contributed by atoms with Gasteiger partial charge in [-0.1, -0.05) is 38.8 Å². The van der Waals surface area contributed by atoms with E-state index in [0.717, 1.165) is 68.7 Å². The van der Waals surface area contributed by atoms with Gasteiger partial charge in [0, 0.05) is 50.0 Å². The lowest BCUT2D eigenvalue weighted by atomic mass is 9.97. The van der Waals surface area contributed by atoms with Crippen LogP contribution in [0.4, 0.5) is 5.69 Å². The van der Waals surface area contributed by atoms with Gasteiger partial charge in [0.05, 0.1) is 6.61 Å². The molecule has 0 bridgehead atoms. The van der Waals surface area contributed by atoms with Crippen LogP contribution in [0.1, 0.15) is 73.4 Å². The third-order valence-corrected chi connectivity index (χ3v) is 7.80. The summed E-state index contributed by atoms with van der Waals surface area (Å²) in [6.45, 7) is 11.4. The average Bonchev–Trinajstić information content (AvgIpc) is 3.42. The zero-order chi connectivity index (χ0) is 24.8. The number of ether oxygens (including phenoxy) is 1. The van der Waals surface area contributed by atoms with Gasteiger partial charge in [0.15, 0.2) is 0 Å². The molecule has 2 aliphatic rings. The highest BCUT2D eigenvalue weighted by molar-refractivity contribution is 5.96. The number of hydrogen-bond donors (Lipinski definition) is 0. The van der Waals surface area contributed by atoms with E-state index in [1.54, 1.807) is 0 Å². The number of amides is 1. The SMILES string of the molecule is Cc1ccc(C(C)C)cc1C(=O)N1CCN(c2ccc(OCCCN(C)C3CCCC3)cc2)CC1. The first-order chi connectivity index (χ1) is 16.9. The first-order valence-electron chi connectivity index (χ1n) is 13.5. The first kappa shape index (κ1) is 25.6. The lowest BCUT2D eigenvalue weighted by Crippen LogP contribution is -2.49. The van der Waals surface area contributed by atoms with Gasteiger partial charge in [-0.15, -0.1) is 0 Å². The van der Waals surface area contributed by atoms with E-state index in [2.05, 4.69) is 73.2 Å². The molecule has 5 nitrogen and oxygen atoms in total. The predicted molar refractivity (Wildman–Crippen MR) is 145 cm³/mol. The molecular formula is C30H43N3O2. The van der Waals surface area contributed by atoms with Crippen molar-refractivity contribution < 1.29 is 9.53 Å². The summed E-state index contributed by atoms with van der Waals surface area (Å²) in [5.41, 5.74) is 4.33. The van der Waals surface area contributed by atoms with Crippen molar-refractivity contribution in [2.24, 2.45) is 0 Å². The van der Waals surface area contributed by atoms with Crippen molar-refractivity contribution in [3.05, 3.63) is 59.2 Å². The van der Waals surface area contributed by atoms with Crippen molar-refractivity contribution in [1.82, 2.24) is 9.80 Å². The summed E-state index contributed by atoms with van der Waals surface area (Å²) >= 11 is 0. The fourth-order valence-electron chi connectivity index (χ4n) is 5.35. The molecule has 190 valence electrons. The Balaban J connectivity index is 1.23. The third kappa shape index (κ3) is 6.58. The van der Waals surface area contributed by atoms with Gasteiger partial charge in [-0.05, 0) is 80.6 Å². The molecule has 2 fully saturated rings. The molecule has 1 heterocycles. The average molecular weight is 478 g/mol. The first-order valence-corrected chi connectivity index (χ1v) is 13.5. The second-order valence-corrected chi connectivity index (χ2v) is 10.6. The van der Waals surface area contributed by atoms with Crippen LogP contribution in [0.25, 0.3) is 0 Å². The highest BCUT2D eigenvalue weighted by Crippen LogP contribution is 2.24. The minimum absolute atomic E-state index is 0.159. The molecule has 1 aliphatic heterocycles. The third-order valence-electron chi connectivity index (χ3n) is 7.80. The fourth-order valence-corrected chi connectivity index (χ4v) is 5.35. The van der Waals surface area contributed by atoms with Crippen LogP contribution in [-0.2, 0) is 0 Å². The van der Waals surface area contributed by atoms with E-state index in [-0.39, 0.29) is 5.91 Å². The Morgan fingerprint density at radius 3 is 2.37 bits per heavy atom. The van der Waals surface area contributed by atoms with Gasteiger partial charge < -0.3 is 19.4 Å². The molecule has 0 unspecified atom stereocenters. The van der Waals surface area contributed by atoms with Crippen molar-refractivity contribution in [1.29, 1.82) is 0 Å². The van der Waals surface area contributed by atoms with E-state index >= 15 is 0 Å². The Hall–Kier alpha value is -2.53. The monoisotopic (exact) mass is 477 g/mol. The van der Waals surface area contributed by atoms with Crippen molar-refractivity contribution in [3.8, 4) is 5.75 Å². The number of nitrogens with zero attached hydrogens (tertiary/aromatic N) is 3. The standard InChI is InChI=1S/C30H43N3O2/c1-23(2)25-11-10-24(3)29(22-25)30(34)33-19-17-32(18-20-33)27-12-14-28(15-13-27)35-21-7-16-31(4)26-8-5-6-9-26/h10-15,22-23,26H,5-9,16-21H2,1-4H3. The van der Waals surface area contributed by atoms with Gasteiger partial charge in [0.2, 0.25) is 0 Å². The summed E-state index contributed by atoms with van der Waals surface area (Å²) in [5.74, 6) is 1.52. The molecule has 4 rings (SSSR count). The number of hydrogen-bond acceptors (Lipinski definition) is 4. The maximum absolute atomic E-state index is 13.2. The van der Waals surface area contributed by atoms with Gasteiger partial charge in [-0.25, -0.2) is 0 Å². The Labute approximate surface area is 212 Å². The summed E-state index contributed by atoms with van der Waals surface area (Å²) in [5, 5.41) is 0. The van der Waals surface area contributed by atoms with Crippen LogP contribution >= 0.6 is 0 Å². The van der Waals surface area contributed by atoms with Crippen molar-refractivity contribution >= 4 is 11.6 Å². The Kier molecular flexibility index (Phi) is 8.72. The van der Waals surface area contributed by atoms with Crippen LogP contribution in [0.5, 0.6) is 5.75 Å². The van der Waals surface area contributed by atoms with Gasteiger partial charge in [-0.3, -0.25) is 4.79 Å². The number of carbonyl (C=O) groups excluding carboxylic acids is 1. The Morgan fingerprint density at radius 2 is 1.71 bits per heavy atom.